The first-order chi connectivity index (χ1) is 7.74. The van der Waals surface area contributed by atoms with Gasteiger partial charge in [0.1, 0.15) is 7.11 Å². The van der Waals surface area contributed by atoms with Crippen molar-refractivity contribution < 1.29 is 9.63 Å². The molecule has 0 radical (unpaired) electrons. The fraction of sp³-hybridized carbons (Fsp3) is 0.818. The molecule has 2 unspecified atom stereocenters. The average molecular weight is 338 g/mol. The maximum absolute atomic E-state index is 12.1. The molecule has 92 valence electrons. The Balaban J connectivity index is 2.56. The Morgan fingerprint density at radius 3 is 3.00 bits per heavy atom. The van der Waals surface area contributed by atoms with Crippen LogP contribution in [0, 0.1) is 11.8 Å². The molecule has 0 bridgehead atoms. The summed E-state index contributed by atoms with van der Waals surface area (Å²) in [6.07, 6.45) is 3.73. The first-order valence-electron chi connectivity index (χ1n) is 5.64. The molecular weight excluding hydrogens is 319 g/mol. The van der Waals surface area contributed by atoms with Crippen molar-refractivity contribution >= 4 is 34.7 Å². The predicted molar refractivity (Wildman–Crippen MR) is 72.9 cm³/mol. The third-order valence-corrected chi connectivity index (χ3v) is 4.06. The highest BCUT2D eigenvalue weighted by Crippen LogP contribution is 2.29. The maximum atomic E-state index is 12.1. The number of halogens is 1. The molecule has 1 amide bonds. The minimum atomic E-state index is 0.220. The normalized spacial score (nSPS) is 25.7. The summed E-state index contributed by atoms with van der Waals surface area (Å²) in [6.45, 7) is 3.56. The number of amides is 1. The Kier molecular flexibility index (Phi) is 6.08. The number of carbonyl (C=O) groups excluding carboxylic acids is 1. The number of hydrogen-bond acceptors (Lipinski definition) is 3. The lowest BCUT2D eigenvalue weighted by molar-refractivity contribution is -0.130. The summed E-state index contributed by atoms with van der Waals surface area (Å²) in [7, 11) is 1.51. The van der Waals surface area contributed by atoms with Crippen LogP contribution in [0.3, 0.4) is 0 Å². The summed E-state index contributed by atoms with van der Waals surface area (Å²) in [6, 6.07) is 0. The van der Waals surface area contributed by atoms with Crippen LogP contribution in [-0.4, -0.2) is 41.6 Å². The van der Waals surface area contributed by atoms with Crippen molar-refractivity contribution in [2.45, 2.75) is 19.8 Å². The van der Waals surface area contributed by atoms with Gasteiger partial charge >= 0.3 is 0 Å². The van der Waals surface area contributed by atoms with E-state index in [0.717, 1.165) is 23.8 Å². The monoisotopic (exact) mass is 338 g/mol. The van der Waals surface area contributed by atoms with Gasteiger partial charge in [-0.1, -0.05) is 41.1 Å². The summed E-state index contributed by atoms with van der Waals surface area (Å²) in [5.74, 6) is 1.01. The predicted octanol–water partition coefficient (Wildman–Crippen LogP) is 1.93. The Bertz CT molecular complexity index is 258. The smallest absolute Gasteiger partial charge is 0.226 e. The number of hydrogen-bond donors (Lipinski definition) is 0. The van der Waals surface area contributed by atoms with Gasteiger partial charge in [0.25, 0.3) is 0 Å². The summed E-state index contributed by atoms with van der Waals surface area (Å²) in [5.41, 5.74) is 0. The van der Waals surface area contributed by atoms with E-state index in [2.05, 4.69) is 39.5 Å². The van der Waals surface area contributed by atoms with Crippen molar-refractivity contribution in [1.82, 2.24) is 4.90 Å². The van der Waals surface area contributed by atoms with Crippen LogP contribution in [0.4, 0.5) is 0 Å². The Hall–Kier alpha value is -0.330. The average Bonchev–Trinajstić information content (AvgIpc) is 2.58. The molecule has 0 aromatic carbocycles. The van der Waals surface area contributed by atoms with Crippen LogP contribution >= 0.6 is 22.6 Å². The van der Waals surface area contributed by atoms with Crippen LogP contribution in [0.1, 0.15) is 19.8 Å². The second-order valence-corrected chi connectivity index (χ2v) is 4.90. The molecule has 0 aromatic rings. The second kappa shape index (κ2) is 7.09. The lowest BCUT2D eigenvalue weighted by Crippen LogP contribution is -2.29. The number of rotatable bonds is 6. The number of oxime groups is 1. The summed E-state index contributed by atoms with van der Waals surface area (Å²) in [5, 5.41) is 3.67. The van der Waals surface area contributed by atoms with Gasteiger partial charge in [0.05, 0.1) is 12.8 Å². The van der Waals surface area contributed by atoms with E-state index in [1.54, 1.807) is 6.21 Å². The van der Waals surface area contributed by atoms with Gasteiger partial charge in [-0.25, -0.2) is 0 Å². The fourth-order valence-electron chi connectivity index (χ4n) is 2.13. The zero-order valence-corrected chi connectivity index (χ0v) is 12.0. The Morgan fingerprint density at radius 1 is 1.69 bits per heavy atom. The molecule has 16 heavy (non-hydrogen) atoms. The molecular formula is C11H19IN2O2. The van der Waals surface area contributed by atoms with E-state index in [0.29, 0.717) is 12.5 Å². The molecule has 1 rings (SSSR count). The van der Waals surface area contributed by atoms with Crippen LogP contribution in [0.15, 0.2) is 5.16 Å². The highest BCUT2D eigenvalue weighted by Gasteiger charge is 2.38. The quantitative estimate of drug-likeness (QED) is 0.321. The molecule has 1 aliphatic rings. The standard InChI is InChI=1S/C11H19IN2O2/c1-3-4-10-9(7-12)8-14(11(10)15)6-5-13-16-2/h5,9-10H,3-4,6-8H2,1-2H3/b13-5+. The maximum Gasteiger partial charge on any atom is 0.226 e. The summed E-state index contributed by atoms with van der Waals surface area (Å²) in [4.78, 5) is 18.6. The molecule has 4 nitrogen and oxygen atoms in total. The zero-order valence-electron chi connectivity index (χ0n) is 9.86. The highest BCUT2D eigenvalue weighted by atomic mass is 127. The first kappa shape index (κ1) is 13.7. The van der Waals surface area contributed by atoms with Gasteiger partial charge in [0.2, 0.25) is 5.91 Å². The number of likely N-dealkylation sites (tertiary alicyclic amines) is 1. The molecule has 2 atom stereocenters. The number of nitrogens with zero attached hydrogens (tertiary/aromatic N) is 2. The van der Waals surface area contributed by atoms with Gasteiger partial charge in [-0.05, 0) is 12.3 Å². The van der Waals surface area contributed by atoms with Crippen LogP contribution in [-0.2, 0) is 9.63 Å². The fourth-order valence-corrected chi connectivity index (χ4v) is 3.03. The van der Waals surface area contributed by atoms with E-state index in [1.165, 1.54) is 7.11 Å². The van der Waals surface area contributed by atoms with Gasteiger partial charge in [0, 0.05) is 16.9 Å². The molecule has 0 spiro atoms. The van der Waals surface area contributed by atoms with E-state index in [4.69, 9.17) is 0 Å². The van der Waals surface area contributed by atoms with Crippen molar-refractivity contribution in [1.29, 1.82) is 0 Å². The van der Waals surface area contributed by atoms with Crippen molar-refractivity contribution in [3.63, 3.8) is 0 Å². The molecule has 1 fully saturated rings. The number of carbonyl (C=O) groups is 1. The van der Waals surface area contributed by atoms with Crippen LogP contribution in [0.25, 0.3) is 0 Å². The molecule has 1 aliphatic heterocycles. The van der Waals surface area contributed by atoms with Gasteiger partial charge in [-0.3, -0.25) is 4.79 Å². The Labute approximate surface area is 111 Å². The lowest BCUT2D eigenvalue weighted by Gasteiger charge is -2.13. The molecule has 0 N–H and O–H groups in total. The van der Waals surface area contributed by atoms with Crippen molar-refractivity contribution in [3.8, 4) is 0 Å². The largest absolute Gasteiger partial charge is 0.399 e. The Morgan fingerprint density at radius 2 is 2.44 bits per heavy atom. The van der Waals surface area contributed by atoms with Crippen LogP contribution in [0.5, 0.6) is 0 Å². The van der Waals surface area contributed by atoms with Gasteiger partial charge in [0.15, 0.2) is 0 Å². The van der Waals surface area contributed by atoms with E-state index in [9.17, 15) is 4.79 Å². The third kappa shape index (κ3) is 3.33. The third-order valence-electron chi connectivity index (χ3n) is 2.93. The van der Waals surface area contributed by atoms with Crippen molar-refractivity contribution in [2.75, 3.05) is 24.6 Å². The highest BCUT2D eigenvalue weighted by molar-refractivity contribution is 14.1. The summed E-state index contributed by atoms with van der Waals surface area (Å²) >= 11 is 2.37. The molecule has 1 saturated heterocycles. The number of alkyl halides is 1. The minimum Gasteiger partial charge on any atom is -0.399 e. The van der Waals surface area contributed by atoms with Crippen LogP contribution < -0.4 is 0 Å². The van der Waals surface area contributed by atoms with Crippen molar-refractivity contribution in [3.05, 3.63) is 0 Å². The minimum absolute atomic E-state index is 0.220. The van der Waals surface area contributed by atoms with Gasteiger partial charge in [-0.15, -0.1) is 0 Å². The summed E-state index contributed by atoms with van der Waals surface area (Å²) < 4.78 is 1.05. The zero-order chi connectivity index (χ0) is 12.0. The molecule has 0 aromatic heterocycles. The topological polar surface area (TPSA) is 41.9 Å². The first-order valence-corrected chi connectivity index (χ1v) is 7.16. The molecule has 5 heteroatoms. The molecule has 0 saturated carbocycles. The van der Waals surface area contributed by atoms with Gasteiger partial charge < -0.3 is 9.74 Å². The SMILES string of the molecule is CCCC1C(=O)N(C/C=N/OC)CC1CI. The van der Waals surface area contributed by atoms with E-state index in [-0.39, 0.29) is 11.8 Å². The van der Waals surface area contributed by atoms with Crippen LogP contribution in [0.2, 0.25) is 0 Å². The molecule has 0 aliphatic carbocycles. The van der Waals surface area contributed by atoms with Gasteiger partial charge in [-0.2, -0.15) is 0 Å². The van der Waals surface area contributed by atoms with E-state index >= 15 is 0 Å². The molecule has 1 heterocycles. The van der Waals surface area contributed by atoms with E-state index < -0.39 is 0 Å². The second-order valence-electron chi connectivity index (χ2n) is 4.02. The van der Waals surface area contributed by atoms with E-state index in [1.807, 2.05) is 4.90 Å². The lowest BCUT2D eigenvalue weighted by atomic mass is 9.93. The van der Waals surface area contributed by atoms with Crippen molar-refractivity contribution in [2.24, 2.45) is 17.0 Å².